The van der Waals surface area contributed by atoms with Gasteiger partial charge in [-0.3, -0.25) is 14.4 Å². The average Bonchev–Trinajstić information content (AvgIpc) is 3.20. The molecule has 2 atom stereocenters. The van der Waals surface area contributed by atoms with Gasteiger partial charge in [0.05, 0.1) is 13.7 Å². The lowest BCUT2D eigenvalue weighted by Gasteiger charge is -2.19. The molecule has 1 saturated heterocycles. The fourth-order valence-corrected chi connectivity index (χ4v) is 4.29. The minimum Gasteiger partial charge on any atom is -0.497 e. The standard InChI is InChI=1S/C26H23F4N3O5/c1-37-17-8-4-15(5-9-17)19-13-33(20-3-2-12-32(24(20)35)14-21(27)28)25(36)22(19)31-23(34)16-6-10-18(11-7-16)38-26(29)30/h2-12,19,21-22,26H,13-14H2,1H3,(H,31,34)/t19-,22-/m0/s1. The first kappa shape index (κ1) is 26.7. The monoisotopic (exact) mass is 533 g/mol. The molecule has 1 aromatic heterocycles. The third kappa shape index (κ3) is 5.79. The number of hydrogen-bond donors (Lipinski definition) is 1. The van der Waals surface area contributed by atoms with Gasteiger partial charge in [-0.2, -0.15) is 8.78 Å². The first-order valence-corrected chi connectivity index (χ1v) is 11.5. The molecule has 2 amide bonds. The Bertz CT molecular complexity index is 1350. The van der Waals surface area contributed by atoms with E-state index in [9.17, 15) is 31.9 Å². The summed E-state index contributed by atoms with van der Waals surface area (Å²) in [5, 5.41) is 2.67. The van der Waals surface area contributed by atoms with Crippen LogP contribution in [0.1, 0.15) is 21.8 Å². The van der Waals surface area contributed by atoms with Gasteiger partial charge in [0, 0.05) is 24.2 Å². The van der Waals surface area contributed by atoms with Crippen LogP contribution in [0.15, 0.2) is 71.7 Å². The molecule has 1 N–H and O–H groups in total. The molecule has 1 fully saturated rings. The van der Waals surface area contributed by atoms with Crippen molar-refractivity contribution in [3.05, 3.63) is 88.3 Å². The Morgan fingerprint density at radius 2 is 1.66 bits per heavy atom. The number of carbonyl (C=O) groups excluding carboxylic acids is 2. The van der Waals surface area contributed by atoms with Crippen molar-refractivity contribution in [2.45, 2.75) is 31.5 Å². The summed E-state index contributed by atoms with van der Waals surface area (Å²) in [5.41, 5.74) is -0.111. The summed E-state index contributed by atoms with van der Waals surface area (Å²) in [6.07, 6.45) is -1.56. The van der Waals surface area contributed by atoms with Crippen molar-refractivity contribution in [1.29, 1.82) is 0 Å². The van der Waals surface area contributed by atoms with Crippen LogP contribution in [0.5, 0.6) is 11.5 Å². The molecule has 12 heteroatoms. The van der Waals surface area contributed by atoms with Crippen LogP contribution in [0.25, 0.3) is 0 Å². The number of halogens is 4. The summed E-state index contributed by atoms with van der Waals surface area (Å²) in [5.74, 6) is -1.44. The molecule has 0 unspecified atom stereocenters. The zero-order chi connectivity index (χ0) is 27.4. The van der Waals surface area contributed by atoms with E-state index in [1.807, 2.05) is 0 Å². The Kier molecular flexibility index (Phi) is 7.99. The number of amides is 2. The number of nitrogens with zero attached hydrogens (tertiary/aromatic N) is 2. The van der Waals surface area contributed by atoms with Gasteiger partial charge in [0.25, 0.3) is 17.9 Å². The number of methoxy groups -OCH3 is 1. The molecular weight excluding hydrogens is 510 g/mol. The van der Waals surface area contributed by atoms with Crippen molar-refractivity contribution >= 4 is 17.5 Å². The normalized spacial score (nSPS) is 17.2. The Hall–Kier alpha value is -4.35. The number of alkyl halides is 4. The van der Waals surface area contributed by atoms with Gasteiger partial charge in [0.15, 0.2) is 0 Å². The van der Waals surface area contributed by atoms with Crippen LogP contribution in [0, 0.1) is 0 Å². The van der Waals surface area contributed by atoms with Gasteiger partial charge < -0.3 is 24.3 Å². The molecule has 0 aliphatic carbocycles. The summed E-state index contributed by atoms with van der Waals surface area (Å²) >= 11 is 0. The number of carbonyl (C=O) groups is 2. The van der Waals surface area contributed by atoms with E-state index in [2.05, 4.69) is 10.1 Å². The number of rotatable bonds is 9. The summed E-state index contributed by atoms with van der Waals surface area (Å²) < 4.78 is 61.0. The molecule has 1 aliphatic rings. The highest BCUT2D eigenvalue weighted by Gasteiger charge is 2.43. The van der Waals surface area contributed by atoms with E-state index in [-0.39, 0.29) is 23.5 Å². The van der Waals surface area contributed by atoms with Crippen LogP contribution >= 0.6 is 0 Å². The first-order chi connectivity index (χ1) is 18.2. The Morgan fingerprint density at radius 1 is 1.00 bits per heavy atom. The van der Waals surface area contributed by atoms with Crippen LogP contribution in [0.2, 0.25) is 0 Å². The predicted octanol–water partition coefficient (Wildman–Crippen LogP) is 3.65. The number of anilines is 1. The molecule has 200 valence electrons. The van der Waals surface area contributed by atoms with Gasteiger partial charge in [0.2, 0.25) is 5.91 Å². The molecule has 2 aromatic carbocycles. The highest BCUT2D eigenvalue weighted by atomic mass is 19.3. The van der Waals surface area contributed by atoms with Crippen LogP contribution in [0.4, 0.5) is 23.2 Å². The highest BCUT2D eigenvalue weighted by Crippen LogP contribution is 2.32. The Morgan fingerprint density at radius 3 is 2.26 bits per heavy atom. The lowest BCUT2D eigenvalue weighted by atomic mass is 9.93. The zero-order valence-electron chi connectivity index (χ0n) is 20.0. The molecule has 1 aliphatic heterocycles. The van der Waals surface area contributed by atoms with E-state index in [1.165, 1.54) is 54.6 Å². The van der Waals surface area contributed by atoms with Gasteiger partial charge >= 0.3 is 6.61 Å². The minimum atomic E-state index is -3.02. The van der Waals surface area contributed by atoms with E-state index in [0.29, 0.717) is 11.3 Å². The number of benzene rings is 2. The van der Waals surface area contributed by atoms with Gasteiger partial charge in [0.1, 0.15) is 23.2 Å². The second kappa shape index (κ2) is 11.4. The summed E-state index contributed by atoms with van der Waals surface area (Å²) in [6.45, 7) is -3.86. The van der Waals surface area contributed by atoms with Gasteiger partial charge in [-0.25, -0.2) is 8.78 Å². The highest BCUT2D eigenvalue weighted by molar-refractivity contribution is 6.05. The predicted molar refractivity (Wildman–Crippen MR) is 129 cm³/mol. The summed E-state index contributed by atoms with van der Waals surface area (Å²) in [4.78, 5) is 40.6. The molecule has 0 saturated carbocycles. The van der Waals surface area contributed by atoms with E-state index in [4.69, 9.17) is 4.74 Å². The smallest absolute Gasteiger partial charge is 0.387 e. The topological polar surface area (TPSA) is 89.9 Å². The molecular formula is C26H23F4N3O5. The van der Waals surface area contributed by atoms with Crippen molar-refractivity contribution in [2.24, 2.45) is 0 Å². The van der Waals surface area contributed by atoms with E-state index >= 15 is 0 Å². The molecule has 8 nitrogen and oxygen atoms in total. The fraction of sp³-hybridized carbons (Fsp3) is 0.269. The minimum absolute atomic E-state index is 0.00872. The molecule has 3 aromatic rings. The molecule has 4 rings (SSSR count). The van der Waals surface area contributed by atoms with Crippen molar-refractivity contribution < 1.29 is 36.6 Å². The Balaban J connectivity index is 1.65. The third-order valence-electron chi connectivity index (χ3n) is 6.11. The fourth-order valence-electron chi connectivity index (χ4n) is 4.29. The van der Waals surface area contributed by atoms with Crippen LogP contribution in [0.3, 0.4) is 0 Å². The van der Waals surface area contributed by atoms with Gasteiger partial charge in [-0.15, -0.1) is 0 Å². The van der Waals surface area contributed by atoms with Crippen LogP contribution in [-0.4, -0.2) is 49.1 Å². The second-order valence-corrected chi connectivity index (χ2v) is 8.42. The SMILES string of the molecule is COc1ccc([C@@H]2CN(c3cccn(CC(F)F)c3=O)C(=O)[C@H]2NC(=O)c2ccc(OC(F)F)cc2)cc1. The Labute approximate surface area is 214 Å². The third-order valence-corrected chi connectivity index (χ3v) is 6.11. The maximum Gasteiger partial charge on any atom is 0.387 e. The van der Waals surface area contributed by atoms with E-state index < -0.39 is 48.9 Å². The number of ether oxygens (including phenoxy) is 2. The lowest BCUT2D eigenvalue weighted by molar-refractivity contribution is -0.118. The molecule has 2 heterocycles. The largest absolute Gasteiger partial charge is 0.497 e. The lowest BCUT2D eigenvalue weighted by Crippen LogP contribution is -2.44. The number of aromatic nitrogens is 1. The summed E-state index contributed by atoms with van der Waals surface area (Å²) in [6, 6.07) is 13.4. The molecule has 38 heavy (non-hydrogen) atoms. The molecule has 0 bridgehead atoms. The number of pyridine rings is 1. The quantitative estimate of drug-likeness (QED) is 0.424. The number of nitrogens with one attached hydrogen (secondary N) is 1. The average molecular weight is 533 g/mol. The molecule has 0 radical (unpaired) electrons. The van der Waals surface area contributed by atoms with Gasteiger partial charge in [-0.05, 0) is 54.1 Å². The second-order valence-electron chi connectivity index (χ2n) is 8.42. The maximum absolute atomic E-state index is 13.5. The summed E-state index contributed by atoms with van der Waals surface area (Å²) in [7, 11) is 1.50. The van der Waals surface area contributed by atoms with E-state index in [0.717, 1.165) is 4.57 Å². The number of hydrogen-bond acceptors (Lipinski definition) is 5. The van der Waals surface area contributed by atoms with Crippen LogP contribution < -0.4 is 25.2 Å². The van der Waals surface area contributed by atoms with Crippen LogP contribution in [-0.2, 0) is 11.3 Å². The van der Waals surface area contributed by atoms with Crippen molar-refractivity contribution in [3.8, 4) is 11.5 Å². The van der Waals surface area contributed by atoms with Crippen molar-refractivity contribution in [3.63, 3.8) is 0 Å². The molecule has 0 spiro atoms. The van der Waals surface area contributed by atoms with Crippen molar-refractivity contribution in [2.75, 3.05) is 18.6 Å². The van der Waals surface area contributed by atoms with Crippen molar-refractivity contribution in [1.82, 2.24) is 9.88 Å². The first-order valence-electron chi connectivity index (χ1n) is 11.5. The zero-order valence-corrected chi connectivity index (χ0v) is 20.0. The maximum atomic E-state index is 13.5. The van der Waals surface area contributed by atoms with Gasteiger partial charge in [-0.1, -0.05) is 12.1 Å². The van der Waals surface area contributed by atoms with E-state index in [1.54, 1.807) is 24.3 Å².